The lowest BCUT2D eigenvalue weighted by Gasteiger charge is -2.15. The Morgan fingerprint density at radius 3 is 2.29 bits per heavy atom. The van der Waals surface area contributed by atoms with Gasteiger partial charge in [0.2, 0.25) is 5.91 Å². The van der Waals surface area contributed by atoms with Crippen LogP contribution in [0.4, 0.5) is 0 Å². The van der Waals surface area contributed by atoms with E-state index in [2.05, 4.69) is 5.32 Å². The standard InChI is InChI=1S/C11H20N2O/c12-11(14)5-6-13-7-10(8-1-2-8)9-3-4-9/h8-10,13H,1-7H2,(H2,12,14). The summed E-state index contributed by atoms with van der Waals surface area (Å²) in [5, 5.41) is 3.36. The van der Waals surface area contributed by atoms with Crippen molar-refractivity contribution in [3.05, 3.63) is 0 Å². The fraction of sp³-hybridized carbons (Fsp3) is 0.909. The highest BCUT2D eigenvalue weighted by Crippen LogP contribution is 2.48. The van der Waals surface area contributed by atoms with Gasteiger partial charge in [-0.05, 0) is 50.0 Å². The summed E-state index contributed by atoms with van der Waals surface area (Å²) in [4.78, 5) is 10.5. The number of nitrogens with one attached hydrogen (secondary N) is 1. The second kappa shape index (κ2) is 4.30. The van der Waals surface area contributed by atoms with Crippen molar-refractivity contribution in [2.75, 3.05) is 13.1 Å². The summed E-state index contributed by atoms with van der Waals surface area (Å²) in [6, 6.07) is 0. The number of hydrogen-bond donors (Lipinski definition) is 2. The number of hydrogen-bond acceptors (Lipinski definition) is 2. The van der Waals surface area contributed by atoms with Crippen molar-refractivity contribution in [2.45, 2.75) is 32.1 Å². The second-order valence-electron chi connectivity index (χ2n) is 4.76. The molecule has 80 valence electrons. The third-order valence-corrected chi connectivity index (χ3v) is 3.38. The van der Waals surface area contributed by atoms with E-state index in [1.807, 2.05) is 0 Å². The van der Waals surface area contributed by atoms with E-state index in [1.54, 1.807) is 0 Å². The third kappa shape index (κ3) is 2.98. The van der Waals surface area contributed by atoms with Gasteiger partial charge in [0.15, 0.2) is 0 Å². The molecule has 2 saturated carbocycles. The molecule has 1 amide bonds. The molecule has 2 aliphatic rings. The third-order valence-electron chi connectivity index (χ3n) is 3.38. The first-order valence-electron chi connectivity index (χ1n) is 5.76. The van der Waals surface area contributed by atoms with E-state index < -0.39 is 0 Å². The van der Waals surface area contributed by atoms with Crippen molar-refractivity contribution >= 4 is 5.91 Å². The molecule has 0 atom stereocenters. The van der Waals surface area contributed by atoms with Gasteiger partial charge in [0, 0.05) is 13.0 Å². The van der Waals surface area contributed by atoms with E-state index >= 15 is 0 Å². The lowest BCUT2D eigenvalue weighted by atomic mass is 9.98. The minimum atomic E-state index is -0.202. The summed E-state index contributed by atoms with van der Waals surface area (Å²) in [5.74, 6) is 2.67. The van der Waals surface area contributed by atoms with Crippen molar-refractivity contribution in [2.24, 2.45) is 23.5 Å². The van der Waals surface area contributed by atoms with Crippen LogP contribution in [0.1, 0.15) is 32.1 Å². The predicted octanol–water partition coefficient (Wildman–Crippen LogP) is 0.888. The fourth-order valence-electron chi connectivity index (χ4n) is 2.25. The maximum atomic E-state index is 10.5. The molecule has 3 heteroatoms. The molecule has 0 saturated heterocycles. The van der Waals surface area contributed by atoms with Gasteiger partial charge in [-0.3, -0.25) is 4.79 Å². The highest BCUT2D eigenvalue weighted by molar-refractivity contribution is 5.73. The molecular formula is C11H20N2O. The average molecular weight is 196 g/mol. The molecule has 0 spiro atoms. The highest BCUT2D eigenvalue weighted by Gasteiger charge is 2.40. The molecule has 0 aromatic carbocycles. The second-order valence-corrected chi connectivity index (χ2v) is 4.76. The van der Waals surface area contributed by atoms with Crippen molar-refractivity contribution in [1.82, 2.24) is 5.32 Å². The van der Waals surface area contributed by atoms with Gasteiger partial charge in [-0.25, -0.2) is 0 Å². The lowest BCUT2D eigenvalue weighted by Crippen LogP contribution is -2.28. The maximum absolute atomic E-state index is 10.5. The van der Waals surface area contributed by atoms with Gasteiger partial charge in [-0.1, -0.05) is 0 Å². The number of amides is 1. The summed E-state index contributed by atoms with van der Waals surface area (Å²) < 4.78 is 0. The van der Waals surface area contributed by atoms with Gasteiger partial charge < -0.3 is 11.1 Å². The zero-order valence-electron chi connectivity index (χ0n) is 8.67. The number of nitrogens with two attached hydrogens (primary N) is 1. The minimum absolute atomic E-state index is 0.202. The Morgan fingerprint density at radius 1 is 1.29 bits per heavy atom. The molecule has 0 unspecified atom stereocenters. The Hall–Kier alpha value is -0.570. The summed E-state index contributed by atoms with van der Waals surface area (Å²) in [7, 11) is 0. The quantitative estimate of drug-likeness (QED) is 0.594. The monoisotopic (exact) mass is 196 g/mol. The zero-order chi connectivity index (χ0) is 9.97. The van der Waals surface area contributed by atoms with Crippen LogP contribution in [-0.2, 0) is 4.79 Å². The van der Waals surface area contributed by atoms with Crippen LogP contribution in [0.3, 0.4) is 0 Å². The van der Waals surface area contributed by atoms with E-state index in [0.29, 0.717) is 6.42 Å². The molecule has 3 nitrogen and oxygen atoms in total. The van der Waals surface area contributed by atoms with Crippen molar-refractivity contribution in [1.29, 1.82) is 0 Å². The van der Waals surface area contributed by atoms with Gasteiger partial charge in [0.25, 0.3) is 0 Å². The van der Waals surface area contributed by atoms with Crippen LogP contribution in [0.2, 0.25) is 0 Å². The van der Waals surface area contributed by atoms with E-state index in [9.17, 15) is 4.79 Å². The summed E-state index contributed by atoms with van der Waals surface area (Å²) in [6.45, 7) is 1.86. The molecular weight excluding hydrogens is 176 g/mol. The zero-order valence-corrected chi connectivity index (χ0v) is 8.67. The molecule has 14 heavy (non-hydrogen) atoms. The molecule has 2 rings (SSSR count). The summed E-state index contributed by atoms with van der Waals surface area (Å²) in [5.41, 5.74) is 5.07. The molecule has 0 heterocycles. The first-order valence-corrected chi connectivity index (χ1v) is 5.76. The van der Waals surface area contributed by atoms with Gasteiger partial charge in [0.1, 0.15) is 0 Å². The Labute approximate surface area is 85.4 Å². The molecule has 2 aliphatic carbocycles. The minimum Gasteiger partial charge on any atom is -0.370 e. The molecule has 0 aliphatic heterocycles. The Morgan fingerprint density at radius 2 is 1.86 bits per heavy atom. The smallest absolute Gasteiger partial charge is 0.218 e. The molecule has 0 aromatic rings. The molecule has 0 radical (unpaired) electrons. The Kier molecular flexibility index (Phi) is 3.06. The lowest BCUT2D eigenvalue weighted by molar-refractivity contribution is -0.117. The van der Waals surface area contributed by atoms with Gasteiger partial charge in [-0.15, -0.1) is 0 Å². The molecule has 0 bridgehead atoms. The molecule has 2 fully saturated rings. The van der Waals surface area contributed by atoms with Crippen molar-refractivity contribution in [3.63, 3.8) is 0 Å². The van der Waals surface area contributed by atoms with E-state index in [4.69, 9.17) is 5.73 Å². The first-order chi connectivity index (χ1) is 6.77. The van der Waals surface area contributed by atoms with E-state index in [-0.39, 0.29) is 5.91 Å². The number of rotatable bonds is 7. The van der Waals surface area contributed by atoms with Gasteiger partial charge in [-0.2, -0.15) is 0 Å². The predicted molar refractivity (Wildman–Crippen MR) is 55.6 cm³/mol. The Balaban J connectivity index is 1.59. The SMILES string of the molecule is NC(=O)CCNCC(C1CC1)C1CC1. The number of carbonyl (C=O) groups is 1. The van der Waals surface area contributed by atoms with E-state index in [0.717, 1.165) is 30.8 Å². The summed E-state index contributed by atoms with van der Waals surface area (Å²) in [6.07, 6.45) is 6.19. The van der Waals surface area contributed by atoms with Crippen LogP contribution >= 0.6 is 0 Å². The van der Waals surface area contributed by atoms with Gasteiger partial charge in [0.05, 0.1) is 0 Å². The molecule has 3 N–H and O–H groups in total. The van der Waals surface area contributed by atoms with E-state index in [1.165, 1.54) is 25.7 Å². The van der Waals surface area contributed by atoms with Crippen LogP contribution in [-0.4, -0.2) is 19.0 Å². The van der Waals surface area contributed by atoms with Crippen LogP contribution < -0.4 is 11.1 Å². The fourth-order valence-corrected chi connectivity index (χ4v) is 2.25. The number of carbonyl (C=O) groups excluding carboxylic acids is 1. The van der Waals surface area contributed by atoms with Crippen molar-refractivity contribution in [3.8, 4) is 0 Å². The largest absolute Gasteiger partial charge is 0.370 e. The Bertz CT molecular complexity index is 197. The first kappa shape index (κ1) is 9.97. The van der Waals surface area contributed by atoms with Crippen LogP contribution in [0.25, 0.3) is 0 Å². The van der Waals surface area contributed by atoms with Gasteiger partial charge >= 0.3 is 0 Å². The maximum Gasteiger partial charge on any atom is 0.218 e. The summed E-state index contributed by atoms with van der Waals surface area (Å²) >= 11 is 0. The van der Waals surface area contributed by atoms with Crippen LogP contribution in [0.15, 0.2) is 0 Å². The molecule has 0 aromatic heterocycles. The normalized spacial score (nSPS) is 21.5. The van der Waals surface area contributed by atoms with Crippen LogP contribution in [0, 0.1) is 17.8 Å². The van der Waals surface area contributed by atoms with Crippen LogP contribution in [0.5, 0.6) is 0 Å². The average Bonchev–Trinajstić information content (AvgIpc) is 2.99. The topological polar surface area (TPSA) is 55.1 Å². The van der Waals surface area contributed by atoms with Crippen molar-refractivity contribution < 1.29 is 4.79 Å². The highest BCUT2D eigenvalue weighted by atomic mass is 16.1. The number of primary amides is 1.